The largest absolute Gasteiger partial charge is 0.507 e. The first-order valence-corrected chi connectivity index (χ1v) is 11.1. The number of amides is 1. The highest BCUT2D eigenvalue weighted by molar-refractivity contribution is 6.52. The summed E-state index contributed by atoms with van der Waals surface area (Å²) in [7, 11) is 1.55. The molecule has 6 nitrogen and oxygen atoms in total. The molecule has 1 atom stereocenters. The molecule has 0 saturated carbocycles. The van der Waals surface area contributed by atoms with Gasteiger partial charge in [0.05, 0.1) is 18.7 Å². The van der Waals surface area contributed by atoms with Gasteiger partial charge in [0.15, 0.2) is 0 Å². The van der Waals surface area contributed by atoms with Gasteiger partial charge in [0, 0.05) is 38.4 Å². The lowest BCUT2D eigenvalue weighted by molar-refractivity contribution is -0.132. The van der Waals surface area contributed by atoms with Crippen molar-refractivity contribution < 1.29 is 19.4 Å². The average Bonchev–Trinajstić information content (AvgIpc) is 3.30. The van der Waals surface area contributed by atoms with E-state index in [0.717, 1.165) is 22.2 Å². The molecule has 7 heteroatoms. The van der Waals surface area contributed by atoms with Gasteiger partial charge < -0.3 is 14.8 Å². The summed E-state index contributed by atoms with van der Waals surface area (Å²) in [6.07, 6.45) is 0. The number of carbonyl (C=O) groups excluding carboxylic acids is 2. The van der Waals surface area contributed by atoms with Crippen molar-refractivity contribution in [3.8, 4) is 5.75 Å². The fraction of sp³-hybridized carbons (Fsp3) is 0.111. The number of aliphatic hydroxyl groups excluding tert-OH is 1. The van der Waals surface area contributed by atoms with Crippen LogP contribution < -0.4 is 9.64 Å². The fourth-order valence-electron chi connectivity index (χ4n) is 4.55. The van der Waals surface area contributed by atoms with Crippen LogP contribution in [0, 0.1) is 6.92 Å². The van der Waals surface area contributed by atoms with E-state index in [2.05, 4.69) is 4.98 Å². The zero-order valence-electron chi connectivity index (χ0n) is 18.5. The molecule has 0 radical (unpaired) electrons. The van der Waals surface area contributed by atoms with Gasteiger partial charge in [-0.15, -0.1) is 0 Å². The lowest BCUT2D eigenvalue weighted by atomic mass is 9.93. The van der Waals surface area contributed by atoms with E-state index >= 15 is 0 Å². The van der Waals surface area contributed by atoms with Crippen LogP contribution in [0.5, 0.6) is 5.75 Å². The number of nitrogens with zero attached hydrogens (tertiary/aromatic N) is 1. The highest BCUT2D eigenvalue weighted by Crippen LogP contribution is 2.45. The van der Waals surface area contributed by atoms with Crippen molar-refractivity contribution in [3.05, 3.63) is 100 Å². The number of ether oxygens (including phenoxy) is 1. The summed E-state index contributed by atoms with van der Waals surface area (Å²) in [4.78, 5) is 31.5. The maximum atomic E-state index is 13.4. The van der Waals surface area contributed by atoms with Gasteiger partial charge in [0.1, 0.15) is 11.5 Å². The number of ketones is 1. The second-order valence-corrected chi connectivity index (χ2v) is 8.52. The molecule has 170 valence electrons. The first-order valence-electron chi connectivity index (χ1n) is 10.7. The van der Waals surface area contributed by atoms with Crippen molar-refractivity contribution in [1.82, 2.24) is 4.98 Å². The molecule has 0 aliphatic carbocycles. The lowest BCUT2D eigenvalue weighted by Crippen LogP contribution is -2.29. The Bertz CT molecular complexity index is 1470. The van der Waals surface area contributed by atoms with Crippen LogP contribution >= 0.6 is 11.6 Å². The van der Waals surface area contributed by atoms with Crippen LogP contribution in [-0.4, -0.2) is 28.9 Å². The first-order chi connectivity index (χ1) is 16.4. The highest BCUT2D eigenvalue weighted by atomic mass is 35.5. The van der Waals surface area contributed by atoms with Gasteiger partial charge in [-0.3, -0.25) is 14.5 Å². The van der Waals surface area contributed by atoms with Crippen LogP contribution in [0.3, 0.4) is 0 Å². The van der Waals surface area contributed by atoms with Crippen molar-refractivity contribution >= 4 is 45.6 Å². The molecule has 34 heavy (non-hydrogen) atoms. The molecule has 1 aliphatic rings. The number of aliphatic hydroxyl groups is 1. The average molecular weight is 473 g/mol. The predicted molar refractivity (Wildman–Crippen MR) is 132 cm³/mol. The third kappa shape index (κ3) is 3.43. The molecule has 4 aromatic rings. The Labute approximate surface area is 201 Å². The van der Waals surface area contributed by atoms with E-state index in [4.69, 9.17) is 16.3 Å². The third-order valence-corrected chi connectivity index (χ3v) is 6.35. The standard InChI is InChI=1S/C27H21ClN2O4/c1-15-22(20-8-3-4-9-21(20)29-15)24-23(25(31)16-10-12-19(34-2)13-11-16)26(32)27(33)30(24)18-7-5-6-17(28)14-18/h3-14,24,29,31H,1-2H3/b25-23+. The fourth-order valence-corrected chi connectivity index (χ4v) is 4.74. The number of aromatic amines is 1. The number of aromatic nitrogens is 1. The van der Waals surface area contributed by atoms with Gasteiger partial charge in [-0.05, 0) is 55.5 Å². The molecular formula is C27H21ClN2O4. The van der Waals surface area contributed by atoms with E-state index in [-0.39, 0.29) is 11.3 Å². The summed E-state index contributed by atoms with van der Waals surface area (Å²) < 4.78 is 5.20. The molecule has 1 aromatic heterocycles. The number of para-hydroxylation sites is 1. The Hall–Kier alpha value is -4.03. The van der Waals surface area contributed by atoms with Crippen LogP contribution in [-0.2, 0) is 9.59 Å². The summed E-state index contributed by atoms with van der Waals surface area (Å²) in [6, 6.07) is 20.3. The number of halogens is 1. The number of aryl methyl sites for hydroxylation is 1. The topological polar surface area (TPSA) is 82.6 Å². The normalized spacial score (nSPS) is 17.5. The number of nitrogens with one attached hydrogen (secondary N) is 1. The smallest absolute Gasteiger partial charge is 0.300 e. The Balaban J connectivity index is 1.80. The molecule has 1 unspecified atom stereocenters. The number of H-pyrrole nitrogens is 1. The van der Waals surface area contributed by atoms with E-state index in [0.29, 0.717) is 22.0 Å². The van der Waals surface area contributed by atoms with Crippen LogP contribution in [0.4, 0.5) is 5.69 Å². The van der Waals surface area contributed by atoms with E-state index in [1.165, 1.54) is 4.90 Å². The minimum Gasteiger partial charge on any atom is -0.507 e. The molecule has 3 aromatic carbocycles. The Morgan fingerprint density at radius 2 is 1.76 bits per heavy atom. The molecule has 1 saturated heterocycles. The van der Waals surface area contributed by atoms with Crippen molar-refractivity contribution in [2.75, 3.05) is 12.0 Å². The minimum atomic E-state index is -0.850. The molecule has 1 fully saturated rings. The molecule has 0 bridgehead atoms. The number of methoxy groups -OCH3 is 1. The minimum absolute atomic E-state index is 0.0167. The van der Waals surface area contributed by atoms with Crippen LogP contribution in [0.2, 0.25) is 5.02 Å². The number of hydrogen-bond donors (Lipinski definition) is 2. The monoisotopic (exact) mass is 472 g/mol. The van der Waals surface area contributed by atoms with Crippen molar-refractivity contribution in [3.63, 3.8) is 0 Å². The van der Waals surface area contributed by atoms with Crippen molar-refractivity contribution in [2.24, 2.45) is 0 Å². The number of benzene rings is 3. The second kappa shape index (κ2) is 8.39. The van der Waals surface area contributed by atoms with Gasteiger partial charge in [0.2, 0.25) is 0 Å². The Morgan fingerprint density at radius 3 is 2.47 bits per heavy atom. The van der Waals surface area contributed by atoms with Gasteiger partial charge in [-0.1, -0.05) is 35.9 Å². The summed E-state index contributed by atoms with van der Waals surface area (Å²) in [5.41, 5.74) is 3.30. The van der Waals surface area contributed by atoms with Crippen molar-refractivity contribution in [2.45, 2.75) is 13.0 Å². The van der Waals surface area contributed by atoms with Gasteiger partial charge in [0.25, 0.3) is 11.7 Å². The van der Waals surface area contributed by atoms with E-state index in [9.17, 15) is 14.7 Å². The Morgan fingerprint density at radius 1 is 1.03 bits per heavy atom. The summed E-state index contributed by atoms with van der Waals surface area (Å²) >= 11 is 6.23. The third-order valence-electron chi connectivity index (χ3n) is 6.11. The number of Topliss-reactive ketones (excluding diaryl/α,β-unsaturated/α-hetero) is 1. The summed E-state index contributed by atoms with van der Waals surface area (Å²) in [5, 5.41) is 12.6. The highest BCUT2D eigenvalue weighted by Gasteiger charge is 2.48. The molecule has 2 heterocycles. The summed E-state index contributed by atoms with van der Waals surface area (Å²) in [6.45, 7) is 1.89. The van der Waals surface area contributed by atoms with Crippen molar-refractivity contribution in [1.29, 1.82) is 0 Å². The number of hydrogen-bond acceptors (Lipinski definition) is 4. The molecule has 1 amide bonds. The number of fused-ring (bicyclic) bond motifs is 1. The lowest BCUT2D eigenvalue weighted by Gasteiger charge is -2.26. The van der Waals surface area contributed by atoms with Crippen LogP contribution in [0.1, 0.15) is 22.9 Å². The molecule has 0 spiro atoms. The summed E-state index contributed by atoms with van der Waals surface area (Å²) in [5.74, 6) is -1.13. The van der Waals surface area contributed by atoms with Gasteiger partial charge in [-0.25, -0.2) is 0 Å². The molecule has 5 rings (SSSR count). The van der Waals surface area contributed by atoms with E-state index in [1.807, 2.05) is 31.2 Å². The zero-order chi connectivity index (χ0) is 24.0. The molecule has 2 N–H and O–H groups in total. The SMILES string of the molecule is COc1ccc(/C(O)=C2\C(=O)C(=O)N(c3cccc(Cl)c3)C2c2c(C)[nH]c3ccccc23)cc1. The van der Waals surface area contributed by atoms with Gasteiger partial charge >= 0.3 is 0 Å². The van der Waals surface area contributed by atoms with Crippen LogP contribution in [0.25, 0.3) is 16.7 Å². The predicted octanol–water partition coefficient (Wildman–Crippen LogP) is 5.76. The maximum absolute atomic E-state index is 13.4. The quantitative estimate of drug-likeness (QED) is 0.224. The zero-order valence-corrected chi connectivity index (χ0v) is 19.3. The Kier molecular flexibility index (Phi) is 5.38. The van der Waals surface area contributed by atoms with Crippen LogP contribution in [0.15, 0.2) is 78.4 Å². The number of rotatable bonds is 4. The number of carbonyl (C=O) groups is 2. The van der Waals surface area contributed by atoms with Gasteiger partial charge in [-0.2, -0.15) is 0 Å². The second-order valence-electron chi connectivity index (χ2n) is 8.09. The maximum Gasteiger partial charge on any atom is 0.300 e. The van der Waals surface area contributed by atoms with E-state index in [1.54, 1.807) is 55.6 Å². The number of anilines is 1. The van der Waals surface area contributed by atoms with E-state index < -0.39 is 17.7 Å². The molecule has 1 aliphatic heterocycles. The molecular weight excluding hydrogens is 452 g/mol. The first kappa shape index (κ1) is 21.8.